The van der Waals surface area contributed by atoms with Crippen molar-refractivity contribution < 1.29 is 10.2 Å². The van der Waals surface area contributed by atoms with E-state index in [0.717, 1.165) is 11.1 Å². The molecule has 0 bridgehead atoms. The van der Waals surface area contributed by atoms with Crippen molar-refractivity contribution in [3.63, 3.8) is 0 Å². The minimum atomic E-state index is -0.233. The summed E-state index contributed by atoms with van der Waals surface area (Å²) in [6, 6.07) is 12.4. The molecule has 0 aliphatic carbocycles. The van der Waals surface area contributed by atoms with Crippen LogP contribution in [0.25, 0.3) is 11.4 Å². The van der Waals surface area contributed by atoms with Crippen LogP contribution in [0.5, 0.6) is 11.5 Å². The van der Waals surface area contributed by atoms with E-state index in [4.69, 9.17) is 12.2 Å². The average molecular weight is 326 g/mol. The quantitative estimate of drug-likeness (QED) is 0.392. The Morgan fingerprint density at radius 1 is 1.17 bits per heavy atom. The van der Waals surface area contributed by atoms with Crippen molar-refractivity contribution in [1.82, 2.24) is 14.9 Å². The lowest BCUT2D eigenvalue weighted by atomic mass is 10.1. The number of aromatic amines is 1. The third-order valence-electron chi connectivity index (χ3n) is 3.39. The van der Waals surface area contributed by atoms with Gasteiger partial charge in [-0.1, -0.05) is 30.3 Å². The van der Waals surface area contributed by atoms with Gasteiger partial charge in [-0.25, -0.2) is 5.10 Å². The molecule has 0 amide bonds. The monoisotopic (exact) mass is 326 g/mol. The number of aromatic nitrogens is 3. The van der Waals surface area contributed by atoms with E-state index in [1.54, 1.807) is 12.1 Å². The first-order chi connectivity index (χ1) is 11.1. The summed E-state index contributed by atoms with van der Waals surface area (Å²) >= 11 is 5.21. The highest BCUT2D eigenvalue weighted by Crippen LogP contribution is 2.27. The maximum Gasteiger partial charge on any atom is 0.216 e. The van der Waals surface area contributed by atoms with Crippen molar-refractivity contribution >= 4 is 18.4 Å². The average Bonchev–Trinajstić information content (AvgIpc) is 2.90. The molecule has 0 radical (unpaired) electrons. The Morgan fingerprint density at radius 2 is 1.96 bits per heavy atom. The van der Waals surface area contributed by atoms with Gasteiger partial charge in [0.2, 0.25) is 4.77 Å². The lowest BCUT2D eigenvalue weighted by Crippen LogP contribution is -1.96. The molecule has 3 rings (SSSR count). The Bertz CT molecular complexity index is 943. The normalized spacial score (nSPS) is 11.2. The molecule has 0 unspecified atom stereocenters. The van der Waals surface area contributed by atoms with Gasteiger partial charge in [0.1, 0.15) is 0 Å². The molecule has 0 aliphatic heterocycles. The minimum Gasteiger partial charge on any atom is -0.504 e. The van der Waals surface area contributed by atoms with Crippen molar-refractivity contribution in [2.45, 2.75) is 6.92 Å². The van der Waals surface area contributed by atoms with Crippen LogP contribution in [-0.4, -0.2) is 31.3 Å². The SMILES string of the molecule is Cc1ccccc1-c1n[nH]c(=S)n1/N=C/c1cccc(O)c1O. The Labute approximate surface area is 137 Å². The highest BCUT2D eigenvalue weighted by molar-refractivity contribution is 7.71. The molecular weight excluding hydrogens is 312 g/mol. The predicted octanol–water partition coefficient (Wildman–Crippen LogP) is 3.21. The van der Waals surface area contributed by atoms with Crippen LogP contribution in [0.1, 0.15) is 11.1 Å². The summed E-state index contributed by atoms with van der Waals surface area (Å²) in [5.41, 5.74) is 2.32. The first-order valence-electron chi connectivity index (χ1n) is 6.86. The van der Waals surface area contributed by atoms with Crippen LogP contribution in [0.4, 0.5) is 0 Å². The zero-order valence-electron chi connectivity index (χ0n) is 12.3. The number of nitrogens with zero attached hydrogens (tertiary/aromatic N) is 3. The van der Waals surface area contributed by atoms with Gasteiger partial charge in [-0.05, 0) is 36.8 Å². The second-order valence-electron chi connectivity index (χ2n) is 4.94. The number of benzene rings is 2. The lowest BCUT2D eigenvalue weighted by molar-refractivity contribution is 0.403. The molecule has 3 aromatic rings. The highest BCUT2D eigenvalue weighted by atomic mass is 32.1. The smallest absolute Gasteiger partial charge is 0.216 e. The van der Waals surface area contributed by atoms with Crippen LogP contribution >= 0.6 is 12.2 Å². The van der Waals surface area contributed by atoms with Gasteiger partial charge in [0.05, 0.1) is 6.21 Å². The van der Waals surface area contributed by atoms with Crippen molar-refractivity contribution in [2.24, 2.45) is 5.10 Å². The number of hydrogen-bond acceptors (Lipinski definition) is 5. The van der Waals surface area contributed by atoms with E-state index >= 15 is 0 Å². The van der Waals surface area contributed by atoms with Crippen molar-refractivity contribution in [2.75, 3.05) is 0 Å². The molecule has 0 atom stereocenters. The molecule has 6 nitrogen and oxygen atoms in total. The fraction of sp³-hybridized carbons (Fsp3) is 0.0625. The van der Waals surface area contributed by atoms with Crippen LogP contribution in [0.15, 0.2) is 47.6 Å². The third-order valence-corrected chi connectivity index (χ3v) is 3.66. The number of nitrogens with one attached hydrogen (secondary N) is 1. The molecule has 2 aromatic carbocycles. The van der Waals surface area contributed by atoms with Crippen LogP contribution in [0, 0.1) is 11.7 Å². The van der Waals surface area contributed by atoms with E-state index < -0.39 is 0 Å². The molecule has 1 aromatic heterocycles. The number of rotatable bonds is 3. The number of hydrogen-bond donors (Lipinski definition) is 3. The first kappa shape index (κ1) is 15.0. The van der Waals surface area contributed by atoms with Crippen molar-refractivity contribution in [3.8, 4) is 22.9 Å². The van der Waals surface area contributed by atoms with Gasteiger partial charge in [-0.15, -0.1) is 0 Å². The molecule has 0 fully saturated rings. The molecule has 0 saturated carbocycles. The van der Waals surface area contributed by atoms with E-state index in [1.165, 1.54) is 17.0 Å². The van der Waals surface area contributed by atoms with E-state index in [2.05, 4.69) is 15.3 Å². The van der Waals surface area contributed by atoms with Gasteiger partial charge in [-0.3, -0.25) is 0 Å². The van der Waals surface area contributed by atoms with Crippen molar-refractivity contribution in [3.05, 3.63) is 58.4 Å². The van der Waals surface area contributed by atoms with Crippen molar-refractivity contribution in [1.29, 1.82) is 0 Å². The maximum absolute atomic E-state index is 9.83. The van der Waals surface area contributed by atoms with E-state index in [1.807, 2.05) is 31.2 Å². The van der Waals surface area contributed by atoms with E-state index in [0.29, 0.717) is 16.2 Å². The number of H-pyrrole nitrogens is 1. The topological polar surface area (TPSA) is 86.4 Å². The minimum absolute atomic E-state index is 0.205. The summed E-state index contributed by atoms with van der Waals surface area (Å²) in [7, 11) is 0. The fourth-order valence-corrected chi connectivity index (χ4v) is 2.35. The summed E-state index contributed by atoms with van der Waals surface area (Å²) in [4.78, 5) is 0. The zero-order valence-corrected chi connectivity index (χ0v) is 13.1. The highest BCUT2D eigenvalue weighted by Gasteiger charge is 2.10. The molecule has 0 saturated heterocycles. The predicted molar refractivity (Wildman–Crippen MR) is 90.3 cm³/mol. The second-order valence-corrected chi connectivity index (χ2v) is 5.33. The summed E-state index contributed by atoms with van der Waals surface area (Å²) in [6.45, 7) is 1.97. The summed E-state index contributed by atoms with van der Waals surface area (Å²) < 4.78 is 1.81. The van der Waals surface area contributed by atoms with Gasteiger partial charge in [-0.2, -0.15) is 14.9 Å². The second kappa shape index (κ2) is 6.05. The number of aryl methyl sites for hydroxylation is 1. The summed E-state index contributed by atoms with van der Waals surface area (Å²) in [6.07, 6.45) is 1.42. The van der Waals surface area contributed by atoms with Gasteiger partial charge in [0, 0.05) is 11.1 Å². The first-order valence-corrected chi connectivity index (χ1v) is 7.27. The maximum atomic E-state index is 9.83. The number of phenols is 2. The number of aromatic hydroxyl groups is 2. The molecule has 23 heavy (non-hydrogen) atoms. The molecule has 7 heteroatoms. The fourth-order valence-electron chi connectivity index (χ4n) is 2.17. The van der Waals surface area contributed by atoms with Crippen LogP contribution < -0.4 is 0 Å². The van der Waals surface area contributed by atoms with E-state index in [9.17, 15) is 10.2 Å². The van der Waals surface area contributed by atoms with E-state index in [-0.39, 0.29) is 11.5 Å². The largest absolute Gasteiger partial charge is 0.504 e. The van der Waals surface area contributed by atoms with Gasteiger partial charge in [0.25, 0.3) is 0 Å². The summed E-state index contributed by atoms with van der Waals surface area (Å²) in [5, 5.41) is 30.6. The molecule has 3 N–H and O–H groups in total. The standard InChI is InChI=1S/C16H14N4O2S/c1-10-5-2-3-7-12(10)15-18-19-16(23)20(15)17-9-11-6-4-8-13(21)14(11)22/h2-9,21-22H,1H3,(H,19,23)/b17-9+. The van der Waals surface area contributed by atoms with Gasteiger partial charge < -0.3 is 10.2 Å². The zero-order chi connectivity index (χ0) is 16.4. The Hall–Kier alpha value is -2.93. The number of phenolic OH excluding ortho intramolecular Hbond substituents is 2. The van der Waals surface area contributed by atoms with Gasteiger partial charge >= 0.3 is 0 Å². The van der Waals surface area contributed by atoms with Gasteiger partial charge in [0.15, 0.2) is 17.3 Å². The van der Waals surface area contributed by atoms with Crippen LogP contribution in [0.3, 0.4) is 0 Å². The Kier molecular flexibility index (Phi) is 3.94. The number of para-hydroxylation sites is 1. The lowest BCUT2D eigenvalue weighted by Gasteiger charge is -2.05. The summed E-state index contributed by atoms with van der Waals surface area (Å²) in [5.74, 6) is 0.136. The molecule has 0 spiro atoms. The molecule has 1 heterocycles. The third kappa shape index (κ3) is 2.86. The molecule has 116 valence electrons. The molecular formula is C16H14N4O2S. The molecule has 0 aliphatic rings. The Morgan fingerprint density at radius 3 is 2.74 bits per heavy atom. The van der Waals surface area contributed by atoms with Crippen LogP contribution in [0.2, 0.25) is 0 Å². The Balaban J connectivity index is 2.07. The van der Waals surface area contributed by atoms with Crippen LogP contribution in [-0.2, 0) is 0 Å².